The third kappa shape index (κ3) is 3.12. The Hall–Kier alpha value is -1.46. The summed E-state index contributed by atoms with van der Waals surface area (Å²) < 4.78 is 16.4. The summed E-state index contributed by atoms with van der Waals surface area (Å²) >= 11 is 0. The van der Waals surface area contributed by atoms with Crippen molar-refractivity contribution in [3.63, 3.8) is 0 Å². The highest BCUT2D eigenvalue weighted by molar-refractivity contribution is 5.50. The monoisotopic (exact) mass is 320 g/mol. The molecule has 1 aromatic rings. The van der Waals surface area contributed by atoms with E-state index in [1.165, 1.54) is 25.9 Å². The normalized spacial score (nSPS) is 25.2. The van der Waals surface area contributed by atoms with Gasteiger partial charge in [-0.05, 0) is 32.4 Å². The van der Waals surface area contributed by atoms with Crippen LogP contribution in [0.1, 0.15) is 25.3 Å². The van der Waals surface area contributed by atoms with Crippen LogP contribution in [-0.4, -0.2) is 62.8 Å². The molecule has 0 aliphatic carbocycles. The Kier molecular flexibility index (Phi) is 4.97. The second-order valence-electron chi connectivity index (χ2n) is 6.48. The fraction of sp³-hybridized carbons (Fsp3) is 0.667. The van der Waals surface area contributed by atoms with Crippen molar-refractivity contribution in [2.45, 2.75) is 38.4 Å². The van der Waals surface area contributed by atoms with Gasteiger partial charge in [-0.1, -0.05) is 0 Å². The maximum absolute atomic E-state index is 5.58. The lowest BCUT2D eigenvalue weighted by Gasteiger charge is -2.43. The zero-order chi connectivity index (χ0) is 16.4. The molecule has 0 bridgehead atoms. The van der Waals surface area contributed by atoms with Gasteiger partial charge in [-0.3, -0.25) is 9.80 Å². The largest absolute Gasteiger partial charge is 0.496 e. The molecule has 0 N–H and O–H groups in total. The molecule has 0 saturated carbocycles. The van der Waals surface area contributed by atoms with Crippen LogP contribution < -0.4 is 14.2 Å². The summed E-state index contributed by atoms with van der Waals surface area (Å²) in [5.41, 5.74) is 1.16. The van der Waals surface area contributed by atoms with E-state index in [-0.39, 0.29) is 0 Å². The molecule has 5 heteroatoms. The van der Waals surface area contributed by atoms with Crippen LogP contribution >= 0.6 is 0 Å². The van der Waals surface area contributed by atoms with Gasteiger partial charge in [-0.15, -0.1) is 0 Å². The van der Waals surface area contributed by atoms with Crippen LogP contribution in [-0.2, 0) is 6.54 Å². The number of nitrogens with zero attached hydrogens (tertiary/aromatic N) is 2. The van der Waals surface area contributed by atoms with E-state index in [4.69, 9.17) is 14.2 Å². The number of piperazine rings is 1. The summed E-state index contributed by atoms with van der Waals surface area (Å²) in [7, 11) is 5.04. The Labute approximate surface area is 139 Å². The minimum atomic E-state index is 0.573. The summed E-state index contributed by atoms with van der Waals surface area (Å²) in [6.07, 6.45) is 2.66. The lowest BCUT2D eigenvalue weighted by molar-refractivity contribution is 0.0465. The van der Waals surface area contributed by atoms with Gasteiger partial charge in [0.1, 0.15) is 5.75 Å². The predicted octanol–water partition coefficient (Wildman–Crippen LogP) is 2.38. The quantitative estimate of drug-likeness (QED) is 0.832. The number of fused-ring (bicyclic) bond motifs is 1. The number of hydrogen-bond acceptors (Lipinski definition) is 5. The molecular weight excluding hydrogens is 292 g/mol. The van der Waals surface area contributed by atoms with Crippen molar-refractivity contribution in [2.24, 2.45) is 0 Å². The number of benzene rings is 1. The summed E-state index contributed by atoms with van der Waals surface area (Å²) in [4.78, 5) is 5.21. The topological polar surface area (TPSA) is 34.2 Å². The van der Waals surface area contributed by atoms with Gasteiger partial charge in [0.15, 0.2) is 11.5 Å². The third-order valence-electron chi connectivity index (χ3n) is 5.38. The first-order valence-corrected chi connectivity index (χ1v) is 8.45. The van der Waals surface area contributed by atoms with Gasteiger partial charge in [0, 0.05) is 43.3 Å². The summed E-state index contributed by atoms with van der Waals surface area (Å²) in [6.45, 7) is 6.78. The Morgan fingerprint density at radius 2 is 1.65 bits per heavy atom. The molecule has 2 saturated heterocycles. The Morgan fingerprint density at radius 3 is 2.35 bits per heavy atom. The molecule has 1 aromatic carbocycles. The van der Waals surface area contributed by atoms with Gasteiger partial charge in [0.25, 0.3) is 0 Å². The number of rotatable bonds is 5. The average Bonchev–Trinajstić information content (AvgIpc) is 3.06. The van der Waals surface area contributed by atoms with Crippen LogP contribution in [0.25, 0.3) is 0 Å². The Bertz CT molecular complexity index is 549. The van der Waals surface area contributed by atoms with E-state index >= 15 is 0 Å². The minimum Gasteiger partial charge on any atom is -0.496 e. The number of hydrogen-bond donors (Lipinski definition) is 0. The zero-order valence-corrected chi connectivity index (χ0v) is 14.7. The van der Waals surface area contributed by atoms with Gasteiger partial charge in [0.05, 0.1) is 21.3 Å². The average molecular weight is 320 g/mol. The molecule has 2 fully saturated rings. The van der Waals surface area contributed by atoms with E-state index < -0.39 is 0 Å². The molecular formula is C18H28N2O3. The van der Waals surface area contributed by atoms with Crippen LogP contribution in [0.4, 0.5) is 0 Å². The molecule has 2 aliphatic rings. The predicted molar refractivity (Wildman–Crippen MR) is 90.6 cm³/mol. The lowest BCUT2D eigenvalue weighted by atomic mass is 10.0. The van der Waals surface area contributed by atoms with E-state index in [1.54, 1.807) is 21.3 Å². The second-order valence-corrected chi connectivity index (χ2v) is 6.48. The molecule has 2 aliphatic heterocycles. The highest BCUT2D eigenvalue weighted by Gasteiger charge is 2.36. The van der Waals surface area contributed by atoms with Crippen LogP contribution in [0, 0.1) is 0 Å². The van der Waals surface area contributed by atoms with Crippen molar-refractivity contribution < 1.29 is 14.2 Å². The molecule has 2 heterocycles. The maximum Gasteiger partial charge on any atom is 0.164 e. The van der Waals surface area contributed by atoms with Crippen molar-refractivity contribution >= 4 is 0 Å². The number of methoxy groups -OCH3 is 3. The van der Waals surface area contributed by atoms with Crippen LogP contribution in [0.5, 0.6) is 17.2 Å². The third-order valence-corrected chi connectivity index (χ3v) is 5.38. The minimum absolute atomic E-state index is 0.573. The summed E-state index contributed by atoms with van der Waals surface area (Å²) in [6, 6.07) is 5.25. The molecule has 0 aromatic heterocycles. The molecule has 3 rings (SSSR count). The fourth-order valence-electron chi connectivity index (χ4n) is 4.04. The van der Waals surface area contributed by atoms with Crippen LogP contribution in [0.2, 0.25) is 0 Å². The lowest BCUT2D eigenvalue weighted by Crippen LogP contribution is -2.55. The molecule has 0 spiro atoms. The summed E-state index contributed by atoms with van der Waals surface area (Å²) in [5.74, 6) is 2.33. The van der Waals surface area contributed by atoms with Gasteiger partial charge in [-0.2, -0.15) is 0 Å². The number of ether oxygens (including phenoxy) is 3. The van der Waals surface area contributed by atoms with E-state index in [2.05, 4.69) is 16.7 Å². The van der Waals surface area contributed by atoms with Crippen LogP contribution in [0.3, 0.4) is 0 Å². The SMILES string of the molecule is COc1cc(OC)c(OC)cc1CN1CCN2CCCC2C1C. The highest BCUT2D eigenvalue weighted by Crippen LogP contribution is 2.36. The van der Waals surface area contributed by atoms with E-state index in [9.17, 15) is 0 Å². The Balaban J connectivity index is 1.81. The van der Waals surface area contributed by atoms with Crippen LogP contribution in [0.15, 0.2) is 12.1 Å². The first kappa shape index (κ1) is 16.4. The van der Waals surface area contributed by atoms with Crippen molar-refractivity contribution in [3.05, 3.63) is 17.7 Å². The van der Waals surface area contributed by atoms with Gasteiger partial charge < -0.3 is 14.2 Å². The molecule has 5 nitrogen and oxygen atoms in total. The molecule has 23 heavy (non-hydrogen) atoms. The maximum atomic E-state index is 5.58. The smallest absolute Gasteiger partial charge is 0.164 e. The van der Waals surface area contributed by atoms with Crippen molar-refractivity contribution in [1.82, 2.24) is 9.80 Å². The molecule has 2 atom stereocenters. The van der Waals surface area contributed by atoms with Gasteiger partial charge >= 0.3 is 0 Å². The molecule has 0 radical (unpaired) electrons. The zero-order valence-electron chi connectivity index (χ0n) is 14.7. The first-order chi connectivity index (χ1) is 11.2. The van der Waals surface area contributed by atoms with E-state index in [0.717, 1.165) is 30.2 Å². The Morgan fingerprint density at radius 1 is 0.957 bits per heavy atom. The molecule has 2 unspecified atom stereocenters. The van der Waals surface area contributed by atoms with Crippen molar-refractivity contribution in [1.29, 1.82) is 0 Å². The molecule has 128 valence electrons. The van der Waals surface area contributed by atoms with E-state index in [1.807, 2.05) is 12.1 Å². The van der Waals surface area contributed by atoms with Crippen molar-refractivity contribution in [2.75, 3.05) is 41.0 Å². The standard InChI is InChI=1S/C18H28N2O3/c1-13-15-6-5-7-19(15)8-9-20(13)12-14-10-17(22-3)18(23-4)11-16(14)21-2/h10-11,13,15H,5-9,12H2,1-4H3. The van der Waals surface area contributed by atoms with E-state index in [0.29, 0.717) is 17.8 Å². The van der Waals surface area contributed by atoms with Crippen molar-refractivity contribution in [3.8, 4) is 17.2 Å². The molecule has 0 amide bonds. The fourth-order valence-corrected chi connectivity index (χ4v) is 4.04. The van der Waals surface area contributed by atoms with Gasteiger partial charge in [0.2, 0.25) is 0 Å². The summed E-state index contributed by atoms with van der Waals surface area (Å²) in [5, 5.41) is 0. The first-order valence-electron chi connectivity index (χ1n) is 8.45. The second kappa shape index (κ2) is 6.97. The van der Waals surface area contributed by atoms with Gasteiger partial charge in [-0.25, -0.2) is 0 Å². The highest BCUT2D eigenvalue weighted by atomic mass is 16.5.